The lowest BCUT2D eigenvalue weighted by Gasteiger charge is -2.34. The van der Waals surface area contributed by atoms with E-state index in [0.29, 0.717) is 0 Å². The van der Waals surface area contributed by atoms with Gasteiger partial charge in [0.25, 0.3) is 0 Å². The molecule has 57 heavy (non-hydrogen) atoms. The molecule has 12 rings (SSSR count). The van der Waals surface area contributed by atoms with Crippen molar-refractivity contribution in [1.29, 1.82) is 0 Å². The number of benzene rings is 8. The van der Waals surface area contributed by atoms with Crippen molar-refractivity contribution in [2.45, 2.75) is 5.41 Å². The highest BCUT2D eigenvalue weighted by Gasteiger charge is 2.46. The highest BCUT2D eigenvalue weighted by atomic mass is 32.1. The van der Waals surface area contributed by atoms with E-state index in [-0.39, 0.29) is 0 Å². The minimum atomic E-state index is -0.478. The monoisotopic (exact) mass is 743 g/mol. The highest BCUT2D eigenvalue weighted by Crippen LogP contribution is 2.57. The van der Waals surface area contributed by atoms with Crippen LogP contribution in [0.3, 0.4) is 0 Å². The number of pyridine rings is 1. The Balaban J connectivity index is 1.04. The number of hydrogen-bond acceptors (Lipinski definition) is 3. The molecule has 11 aromatic rings. The molecule has 8 aromatic carbocycles. The second-order valence-electron chi connectivity index (χ2n) is 15.0. The van der Waals surface area contributed by atoms with Crippen molar-refractivity contribution < 1.29 is 0 Å². The smallest absolute Gasteiger partial charge is 0.169 e. The third kappa shape index (κ3) is 4.65. The molecule has 0 saturated carbocycles. The van der Waals surface area contributed by atoms with Crippen LogP contribution in [0, 0.1) is 0 Å². The Morgan fingerprint density at radius 1 is 0.404 bits per heavy atom. The van der Waals surface area contributed by atoms with Crippen molar-refractivity contribution in [2.75, 3.05) is 0 Å². The van der Waals surface area contributed by atoms with E-state index >= 15 is 0 Å². The molecular weight excluding hydrogens is 711 g/mol. The Labute approximate surface area is 333 Å². The van der Waals surface area contributed by atoms with Crippen LogP contribution in [-0.4, -0.2) is 14.6 Å². The van der Waals surface area contributed by atoms with Crippen molar-refractivity contribution in [3.05, 3.63) is 223 Å². The molecule has 0 unspecified atom stereocenters. The SMILES string of the molecule is c1ccc(C2(c3ccccc3)c3ccccc3-c3ccc(-c4cn5c(-c6ccc(-c7cccc8c7sc7ccccc78)cc6)nnc5c5ccccc45)cc32)cc1. The number of fused-ring (bicyclic) bond motifs is 9. The molecule has 0 amide bonds. The van der Waals surface area contributed by atoms with Crippen LogP contribution in [0.2, 0.25) is 0 Å². The van der Waals surface area contributed by atoms with Crippen LogP contribution in [0.4, 0.5) is 0 Å². The largest absolute Gasteiger partial charge is 0.281 e. The van der Waals surface area contributed by atoms with Crippen LogP contribution in [0.15, 0.2) is 200 Å². The zero-order valence-corrected chi connectivity index (χ0v) is 31.6. The van der Waals surface area contributed by atoms with Gasteiger partial charge in [0.15, 0.2) is 11.5 Å². The Morgan fingerprint density at radius 2 is 1.00 bits per heavy atom. The van der Waals surface area contributed by atoms with Crippen LogP contribution < -0.4 is 0 Å². The van der Waals surface area contributed by atoms with Crippen molar-refractivity contribution in [1.82, 2.24) is 14.6 Å². The Kier molecular flexibility index (Phi) is 7.01. The minimum absolute atomic E-state index is 0.478. The average Bonchev–Trinajstić information content (AvgIpc) is 3.98. The first-order chi connectivity index (χ1) is 28.3. The predicted molar refractivity (Wildman–Crippen MR) is 237 cm³/mol. The second-order valence-corrected chi connectivity index (χ2v) is 16.0. The third-order valence-corrected chi connectivity index (χ3v) is 13.3. The first-order valence-electron chi connectivity index (χ1n) is 19.4. The van der Waals surface area contributed by atoms with Crippen LogP contribution >= 0.6 is 11.3 Å². The zero-order valence-electron chi connectivity index (χ0n) is 30.8. The molecule has 0 fully saturated rings. The lowest BCUT2D eigenvalue weighted by molar-refractivity contribution is 0.769. The van der Waals surface area contributed by atoms with E-state index in [1.165, 1.54) is 64.7 Å². The molecule has 0 radical (unpaired) electrons. The summed E-state index contributed by atoms with van der Waals surface area (Å²) in [5.41, 5.74) is 13.8. The summed E-state index contributed by atoms with van der Waals surface area (Å²) in [4.78, 5) is 0. The van der Waals surface area contributed by atoms with Gasteiger partial charge in [0.05, 0.1) is 5.41 Å². The second kappa shape index (κ2) is 12.4. The van der Waals surface area contributed by atoms with E-state index in [1.807, 2.05) is 11.3 Å². The van der Waals surface area contributed by atoms with Gasteiger partial charge in [-0.15, -0.1) is 21.5 Å². The maximum absolute atomic E-state index is 4.83. The summed E-state index contributed by atoms with van der Waals surface area (Å²) < 4.78 is 4.81. The molecule has 0 atom stereocenters. The normalized spacial score (nSPS) is 13.1. The molecule has 3 nitrogen and oxygen atoms in total. The topological polar surface area (TPSA) is 30.2 Å². The van der Waals surface area contributed by atoms with Gasteiger partial charge in [-0.25, -0.2) is 0 Å². The average molecular weight is 744 g/mol. The number of rotatable bonds is 5. The van der Waals surface area contributed by atoms with Crippen LogP contribution in [0.5, 0.6) is 0 Å². The zero-order chi connectivity index (χ0) is 37.5. The molecule has 3 aromatic heterocycles. The van der Waals surface area contributed by atoms with Crippen LogP contribution in [-0.2, 0) is 5.41 Å². The number of nitrogens with zero attached hydrogens (tertiary/aromatic N) is 3. The maximum Gasteiger partial charge on any atom is 0.169 e. The minimum Gasteiger partial charge on any atom is -0.281 e. The lowest BCUT2D eigenvalue weighted by atomic mass is 9.67. The highest BCUT2D eigenvalue weighted by molar-refractivity contribution is 7.26. The quantitative estimate of drug-likeness (QED) is 0.176. The van der Waals surface area contributed by atoms with Gasteiger partial charge >= 0.3 is 0 Å². The first kappa shape index (κ1) is 32.1. The van der Waals surface area contributed by atoms with E-state index in [0.717, 1.165) is 38.9 Å². The molecule has 266 valence electrons. The van der Waals surface area contributed by atoms with Crippen molar-refractivity contribution in [3.8, 4) is 44.8 Å². The van der Waals surface area contributed by atoms with E-state index in [9.17, 15) is 0 Å². The summed E-state index contributed by atoms with van der Waals surface area (Å²) in [5.74, 6) is 0.820. The summed E-state index contributed by atoms with van der Waals surface area (Å²) in [6.07, 6.45) is 2.25. The number of thiophene rings is 1. The fourth-order valence-electron chi connectivity index (χ4n) is 9.52. The standard InChI is InChI=1S/C53H33N3S/c1-3-14-37(15-4-1)53(38-16-5-2-6-17-38)47-24-11-9-19-41(47)42-31-30-36(32-48(42)53)46-33-56-51(54-55-52(56)45-21-8-7-18-40(45)46)35-28-26-34(27-29-35)39-22-13-23-44-43-20-10-12-25-49(43)57-50(39)44/h1-33H. The summed E-state index contributed by atoms with van der Waals surface area (Å²) in [6, 6.07) is 70.7. The first-order valence-corrected chi connectivity index (χ1v) is 20.2. The molecule has 0 aliphatic heterocycles. The van der Waals surface area contributed by atoms with E-state index < -0.39 is 5.41 Å². The lowest BCUT2D eigenvalue weighted by Crippen LogP contribution is -2.28. The molecule has 3 heterocycles. The number of aromatic nitrogens is 3. The van der Waals surface area contributed by atoms with Crippen LogP contribution in [0.25, 0.3) is 81.4 Å². The molecule has 0 bridgehead atoms. The van der Waals surface area contributed by atoms with Crippen LogP contribution in [0.1, 0.15) is 22.3 Å². The molecule has 0 N–H and O–H groups in total. The Morgan fingerprint density at radius 3 is 1.79 bits per heavy atom. The van der Waals surface area contributed by atoms with Gasteiger partial charge < -0.3 is 0 Å². The molecule has 4 heteroatoms. The van der Waals surface area contributed by atoms with Gasteiger partial charge in [-0.2, -0.15) is 0 Å². The van der Waals surface area contributed by atoms with Gasteiger partial charge in [0, 0.05) is 42.9 Å². The van der Waals surface area contributed by atoms with Gasteiger partial charge in [-0.05, 0) is 67.6 Å². The maximum atomic E-state index is 4.83. The summed E-state index contributed by atoms with van der Waals surface area (Å²) in [5, 5.41) is 14.5. The molecule has 0 saturated heterocycles. The van der Waals surface area contributed by atoms with Gasteiger partial charge in [-0.1, -0.05) is 182 Å². The molecule has 0 spiro atoms. The van der Waals surface area contributed by atoms with Gasteiger partial charge in [-0.3, -0.25) is 4.40 Å². The van der Waals surface area contributed by atoms with Gasteiger partial charge in [0.2, 0.25) is 0 Å². The third-order valence-electron chi connectivity index (χ3n) is 12.0. The Hall–Kier alpha value is -7.14. The summed E-state index contributed by atoms with van der Waals surface area (Å²) >= 11 is 1.86. The van der Waals surface area contributed by atoms with Crippen molar-refractivity contribution in [3.63, 3.8) is 0 Å². The Bertz CT molecular complexity index is 3300. The van der Waals surface area contributed by atoms with E-state index in [4.69, 9.17) is 10.2 Å². The fourth-order valence-corrected chi connectivity index (χ4v) is 10.8. The van der Waals surface area contributed by atoms with Crippen molar-refractivity contribution >= 4 is 47.9 Å². The van der Waals surface area contributed by atoms with Crippen molar-refractivity contribution in [2.24, 2.45) is 0 Å². The predicted octanol–water partition coefficient (Wildman–Crippen LogP) is 13.6. The van der Waals surface area contributed by atoms with E-state index in [1.54, 1.807) is 0 Å². The number of hydrogen-bond donors (Lipinski definition) is 0. The van der Waals surface area contributed by atoms with E-state index in [2.05, 4.69) is 205 Å². The molecule has 1 aliphatic rings. The summed E-state index contributed by atoms with van der Waals surface area (Å²) in [6.45, 7) is 0. The fraction of sp³-hybridized carbons (Fsp3) is 0.0189. The summed E-state index contributed by atoms with van der Waals surface area (Å²) in [7, 11) is 0. The molecular formula is C53H33N3S. The molecule has 1 aliphatic carbocycles. The van der Waals surface area contributed by atoms with Gasteiger partial charge in [0.1, 0.15) is 0 Å².